The average Bonchev–Trinajstić information content (AvgIpc) is 2.11. The van der Waals surface area contributed by atoms with Crippen LogP contribution >= 0.6 is 0 Å². The van der Waals surface area contributed by atoms with Gasteiger partial charge in [0.15, 0.2) is 14.9 Å². The summed E-state index contributed by atoms with van der Waals surface area (Å²) in [5.41, 5.74) is 5.79. The van der Waals surface area contributed by atoms with Crippen molar-refractivity contribution in [1.29, 1.82) is 0 Å². The summed E-state index contributed by atoms with van der Waals surface area (Å²) in [5.74, 6) is 0.216. The van der Waals surface area contributed by atoms with Gasteiger partial charge in [0.05, 0.1) is 0 Å². The lowest BCUT2D eigenvalue weighted by atomic mass is 9.86. The highest BCUT2D eigenvalue weighted by Gasteiger charge is 2.23. The van der Waals surface area contributed by atoms with E-state index >= 15 is 0 Å². The summed E-state index contributed by atoms with van der Waals surface area (Å²) in [5, 5.41) is -0.848. The third-order valence-electron chi connectivity index (χ3n) is 2.78. The quantitative estimate of drug-likeness (QED) is 0.703. The van der Waals surface area contributed by atoms with Gasteiger partial charge >= 0.3 is 0 Å². The van der Waals surface area contributed by atoms with Gasteiger partial charge in [0.2, 0.25) is 10.0 Å². The zero-order valence-corrected chi connectivity index (χ0v) is 11.6. The Labute approximate surface area is 103 Å². The molecule has 102 valence electrons. The van der Waals surface area contributed by atoms with E-state index in [4.69, 9.17) is 5.73 Å². The molecule has 0 radical (unpaired) electrons. The largest absolute Gasteiger partial charge is 0.328 e. The Hall–Kier alpha value is -0.180. The summed E-state index contributed by atoms with van der Waals surface area (Å²) in [7, 11) is -7.26. The van der Waals surface area contributed by atoms with Gasteiger partial charge < -0.3 is 5.73 Å². The molecule has 0 aromatic heterocycles. The summed E-state index contributed by atoms with van der Waals surface area (Å²) in [6.45, 7) is 0.283. The first-order chi connectivity index (χ1) is 7.68. The summed E-state index contributed by atoms with van der Waals surface area (Å²) in [6.07, 6.45) is 4.62. The second-order valence-corrected chi connectivity index (χ2v) is 9.11. The Morgan fingerprint density at radius 1 is 1.24 bits per heavy atom. The molecule has 0 aromatic rings. The monoisotopic (exact) mass is 284 g/mol. The minimum absolute atomic E-state index is 0.133. The predicted molar refractivity (Wildman–Crippen MR) is 66.6 cm³/mol. The average molecular weight is 284 g/mol. The molecule has 17 heavy (non-hydrogen) atoms. The van der Waals surface area contributed by atoms with Gasteiger partial charge in [0, 0.05) is 18.8 Å². The standard InChI is InChI=1S/C9H20N2O4S2/c1-16(12,13)7-17(14,15)11-6-8-3-2-4-9(10)5-8/h8-9,11H,2-7,10H2,1H3. The molecule has 0 bridgehead atoms. The highest BCUT2D eigenvalue weighted by atomic mass is 32.3. The lowest BCUT2D eigenvalue weighted by Gasteiger charge is -2.26. The van der Waals surface area contributed by atoms with Crippen LogP contribution < -0.4 is 10.5 Å². The molecule has 0 saturated heterocycles. The molecule has 1 aliphatic carbocycles. The minimum atomic E-state index is -3.73. The number of hydrogen-bond acceptors (Lipinski definition) is 5. The SMILES string of the molecule is CS(=O)(=O)CS(=O)(=O)NCC1CCCC(N)C1. The van der Waals surface area contributed by atoms with E-state index in [2.05, 4.69) is 4.72 Å². The van der Waals surface area contributed by atoms with Crippen molar-refractivity contribution >= 4 is 19.9 Å². The lowest BCUT2D eigenvalue weighted by molar-refractivity contribution is 0.322. The highest BCUT2D eigenvalue weighted by molar-refractivity contribution is 8.06. The summed E-state index contributed by atoms with van der Waals surface area (Å²) in [4.78, 5) is 0. The van der Waals surface area contributed by atoms with Crippen LogP contribution in [0.2, 0.25) is 0 Å². The number of sulfone groups is 1. The summed E-state index contributed by atoms with van der Waals surface area (Å²) >= 11 is 0. The zero-order valence-electron chi connectivity index (χ0n) is 9.92. The number of nitrogens with two attached hydrogens (primary N) is 1. The Morgan fingerprint density at radius 2 is 1.88 bits per heavy atom. The van der Waals surface area contributed by atoms with Crippen LogP contribution in [0.15, 0.2) is 0 Å². The highest BCUT2D eigenvalue weighted by Crippen LogP contribution is 2.22. The van der Waals surface area contributed by atoms with Gasteiger partial charge in [-0.1, -0.05) is 6.42 Å². The molecule has 0 aromatic carbocycles. The van der Waals surface area contributed by atoms with E-state index in [9.17, 15) is 16.8 Å². The smallest absolute Gasteiger partial charge is 0.226 e. The first kappa shape index (κ1) is 14.9. The van der Waals surface area contributed by atoms with E-state index in [1.54, 1.807) is 0 Å². The second kappa shape index (κ2) is 5.64. The Kier molecular flexibility index (Phi) is 4.94. The van der Waals surface area contributed by atoms with Crippen LogP contribution in [0.4, 0.5) is 0 Å². The van der Waals surface area contributed by atoms with Crippen LogP contribution in [0.1, 0.15) is 25.7 Å². The number of rotatable bonds is 5. The van der Waals surface area contributed by atoms with Gasteiger partial charge in [-0.25, -0.2) is 21.6 Å². The fraction of sp³-hybridized carbons (Fsp3) is 1.00. The molecule has 6 nitrogen and oxygen atoms in total. The molecular formula is C9H20N2O4S2. The molecule has 0 heterocycles. The zero-order chi connectivity index (χ0) is 13.1. The summed E-state index contributed by atoms with van der Waals surface area (Å²) in [6, 6.07) is 0.133. The summed E-state index contributed by atoms with van der Waals surface area (Å²) < 4.78 is 47.1. The van der Waals surface area contributed by atoms with Crippen molar-refractivity contribution in [2.75, 3.05) is 17.9 Å². The molecular weight excluding hydrogens is 264 g/mol. The van der Waals surface area contributed by atoms with Gasteiger partial charge in [-0.3, -0.25) is 0 Å². The van der Waals surface area contributed by atoms with E-state index in [1.165, 1.54) is 0 Å². The molecule has 1 aliphatic rings. The van der Waals surface area contributed by atoms with E-state index in [1.807, 2.05) is 0 Å². The van der Waals surface area contributed by atoms with Crippen LogP contribution in [0, 0.1) is 5.92 Å². The topological polar surface area (TPSA) is 106 Å². The maximum Gasteiger partial charge on any atom is 0.226 e. The van der Waals surface area contributed by atoms with Gasteiger partial charge in [-0.05, 0) is 25.2 Å². The molecule has 1 fully saturated rings. The molecule has 0 amide bonds. The third kappa shape index (κ3) is 6.35. The molecule has 3 N–H and O–H groups in total. The van der Waals surface area contributed by atoms with Crippen molar-refractivity contribution in [2.45, 2.75) is 31.7 Å². The van der Waals surface area contributed by atoms with Crippen molar-refractivity contribution in [2.24, 2.45) is 11.7 Å². The first-order valence-corrected chi connectivity index (χ1v) is 9.30. The molecule has 0 spiro atoms. The normalized spacial score (nSPS) is 26.9. The van der Waals surface area contributed by atoms with Crippen molar-refractivity contribution in [3.05, 3.63) is 0 Å². The molecule has 1 rings (SSSR count). The van der Waals surface area contributed by atoms with Crippen LogP contribution in [0.25, 0.3) is 0 Å². The second-order valence-electron chi connectivity index (χ2n) is 4.80. The Balaban J connectivity index is 2.44. The van der Waals surface area contributed by atoms with E-state index in [0.29, 0.717) is 0 Å². The molecule has 2 atom stereocenters. The van der Waals surface area contributed by atoms with Gasteiger partial charge in [-0.2, -0.15) is 0 Å². The van der Waals surface area contributed by atoms with Crippen LogP contribution in [-0.2, 0) is 19.9 Å². The first-order valence-electron chi connectivity index (χ1n) is 5.58. The van der Waals surface area contributed by atoms with Crippen molar-refractivity contribution in [1.82, 2.24) is 4.72 Å². The van der Waals surface area contributed by atoms with Gasteiger partial charge in [-0.15, -0.1) is 0 Å². The van der Waals surface area contributed by atoms with Crippen molar-refractivity contribution in [3.63, 3.8) is 0 Å². The van der Waals surface area contributed by atoms with Gasteiger partial charge in [0.1, 0.15) is 0 Å². The number of nitrogens with one attached hydrogen (secondary N) is 1. The Bertz CT molecular complexity index is 444. The molecule has 8 heteroatoms. The van der Waals surface area contributed by atoms with Crippen molar-refractivity contribution in [3.8, 4) is 0 Å². The lowest BCUT2D eigenvalue weighted by Crippen LogP contribution is -2.37. The van der Waals surface area contributed by atoms with Gasteiger partial charge in [0.25, 0.3) is 0 Å². The number of sulfonamides is 1. The van der Waals surface area contributed by atoms with E-state index in [-0.39, 0.29) is 18.5 Å². The van der Waals surface area contributed by atoms with E-state index < -0.39 is 24.9 Å². The fourth-order valence-electron chi connectivity index (χ4n) is 2.09. The van der Waals surface area contributed by atoms with E-state index in [0.717, 1.165) is 31.9 Å². The third-order valence-corrected chi connectivity index (χ3v) is 6.34. The molecule has 0 aliphatic heterocycles. The number of hydrogen-bond donors (Lipinski definition) is 2. The van der Waals surface area contributed by atoms with Crippen LogP contribution in [0.5, 0.6) is 0 Å². The van der Waals surface area contributed by atoms with Crippen LogP contribution in [0.3, 0.4) is 0 Å². The molecule has 2 unspecified atom stereocenters. The van der Waals surface area contributed by atoms with Crippen LogP contribution in [-0.4, -0.2) is 40.8 Å². The fourth-order valence-corrected chi connectivity index (χ4v) is 5.16. The Morgan fingerprint density at radius 3 is 2.41 bits per heavy atom. The predicted octanol–water partition coefficient (Wildman–Crippen LogP) is -0.575. The maximum absolute atomic E-state index is 11.4. The van der Waals surface area contributed by atoms with Crippen molar-refractivity contribution < 1.29 is 16.8 Å². The molecule has 1 saturated carbocycles. The maximum atomic E-state index is 11.4. The minimum Gasteiger partial charge on any atom is -0.328 e.